The largest absolute Gasteiger partial charge is 0.386 e. The fourth-order valence-electron chi connectivity index (χ4n) is 1.61. The fraction of sp³-hybridized carbons (Fsp3) is 0.778. The summed E-state index contributed by atoms with van der Waals surface area (Å²) in [5.41, 5.74) is 5.80. The third kappa shape index (κ3) is 2.14. The Morgan fingerprint density at radius 2 is 2.08 bits per heavy atom. The lowest BCUT2D eigenvalue weighted by Gasteiger charge is -2.33. The van der Waals surface area contributed by atoms with Crippen LogP contribution in [0.15, 0.2) is 11.9 Å². The lowest BCUT2D eigenvalue weighted by molar-refractivity contribution is 0.245. The third-order valence-electron chi connectivity index (χ3n) is 2.56. The summed E-state index contributed by atoms with van der Waals surface area (Å²) in [7, 11) is 2.03. The summed E-state index contributed by atoms with van der Waals surface area (Å²) in [5, 5.41) is 3.29. The van der Waals surface area contributed by atoms with E-state index in [2.05, 4.69) is 10.2 Å². The minimum absolute atomic E-state index is 0.686. The molecule has 3 heteroatoms. The first-order valence-corrected chi connectivity index (χ1v) is 4.62. The standard InChI is InChI=1S/C9H19N3/c1-3-9(10)12-6-4-8(11-2)5-7-12/h3,8,11H,4-7,10H2,1-2H3/b9-3+. The van der Waals surface area contributed by atoms with Gasteiger partial charge in [-0.05, 0) is 32.9 Å². The fourth-order valence-corrected chi connectivity index (χ4v) is 1.61. The first-order chi connectivity index (χ1) is 5.77. The lowest BCUT2D eigenvalue weighted by Crippen LogP contribution is -2.42. The average Bonchev–Trinajstić information content (AvgIpc) is 2.17. The van der Waals surface area contributed by atoms with Crippen LogP contribution in [-0.4, -0.2) is 31.1 Å². The molecule has 1 heterocycles. The normalized spacial score (nSPS) is 21.5. The van der Waals surface area contributed by atoms with E-state index in [1.54, 1.807) is 0 Å². The van der Waals surface area contributed by atoms with E-state index in [0.29, 0.717) is 6.04 Å². The highest BCUT2D eigenvalue weighted by atomic mass is 15.2. The number of nitrogens with one attached hydrogen (secondary N) is 1. The van der Waals surface area contributed by atoms with Crippen LogP contribution in [0.3, 0.4) is 0 Å². The molecule has 0 aliphatic carbocycles. The summed E-state index contributed by atoms with van der Waals surface area (Å²) < 4.78 is 0. The highest BCUT2D eigenvalue weighted by molar-refractivity contribution is 4.96. The zero-order valence-electron chi connectivity index (χ0n) is 8.01. The molecule has 0 saturated carbocycles. The van der Waals surface area contributed by atoms with E-state index in [-0.39, 0.29) is 0 Å². The van der Waals surface area contributed by atoms with Crippen molar-refractivity contribution in [3.05, 3.63) is 11.9 Å². The van der Waals surface area contributed by atoms with Gasteiger partial charge in [0.25, 0.3) is 0 Å². The van der Waals surface area contributed by atoms with Crippen LogP contribution in [0.4, 0.5) is 0 Å². The topological polar surface area (TPSA) is 41.3 Å². The van der Waals surface area contributed by atoms with Crippen molar-refractivity contribution >= 4 is 0 Å². The highest BCUT2D eigenvalue weighted by Crippen LogP contribution is 2.12. The van der Waals surface area contributed by atoms with Gasteiger partial charge in [0.1, 0.15) is 0 Å². The molecule has 1 saturated heterocycles. The van der Waals surface area contributed by atoms with Crippen molar-refractivity contribution in [1.82, 2.24) is 10.2 Å². The molecule has 1 rings (SSSR count). The van der Waals surface area contributed by atoms with Crippen molar-refractivity contribution in [2.24, 2.45) is 5.73 Å². The molecule has 3 nitrogen and oxygen atoms in total. The maximum Gasteiger partial charge on any atom is 0.0942 e. The van der Waals surface area contributed by atoms with E-state index in [1.165, 1.54) is 12.8 Å². The van der Waals surface area contributed by atoms with E-state index >= 15 is 0 Å². The summed E-state index contributed by atoms with van der Waals surface area (Å²) in [6, 6.07) is 0.686. The van der Waals surface area contributed by atoms with Gasteiger partial charge in [0, 0.05) is 19.1 Å². The van der Waals surface area contributed by atoms with Crippen LogP contribution in [0.2, 0.25) is 0 Å². The molecule has 0 aromatic rings. The summed E-state index contributed by atoms with van der Waals surface area (Å²) in [6.07, 6.45) is 4.37. The number of nitrogens with two attached hydrogens (primary N) is 1. The van der Waals surface area contributed by atoms with Gasteiger partial charge in [-0.3, -0.25) is 0 Å². The quantitative estimate of drug-likeness (QED) is 0.632. The summed E-state index contributed by atoms with van der Waals surface area (Å²) in [6.45, 7) is 4.16. The zero-order valence-corrected chi connectivity index (χ0v) is 8.01. The van der Waals surface area contributed by atoms with Crippen LogP contribution < -0.4 is 11.1 Å². The molecule has 0 unspecified atom stereocenters. The summed E-state index contributed by atoms with van der Waals surface area (Å²) in [4.78, 5) is 2.24. The summed E-state index contributed by atoms with van der Waals surface area (Å²) >= 11 is 0. The van der Waals surface area contributed by atoms with Crippen LogP contribution >= 0.6 is 0 Å². The molecule has 0 spiro atoms. The van der Waals surface area contributed by atoms with Gasteiger partial charge in [0.2, 0.25) is 0 Å². The second-order valence-electron chi connectivity index (χ2n) is 3.26. The minimum Gasteiger partial charge on any atom is -0.386 e. The molecule has 1 fully saturated rings. The van der Waals surface area contributed by atoms with Crippen molar-refractivity contribution in [2.45, 2.75) is 25.8 Å². The first kappa shape index (κ1) is 9.39. The van der Waals surface area contributed by atoms with Gasteiger partial charge in [0.05, 0.1) is 5.82 Å². The number of nitrogens with zero attached hydrogens (tertiary/aromatic N) is 1. The van der Waals surface area contributed by atoms with E-state index in [1.807, 2.05) is 20.0 Å². The van der Waals surface area contributed by atoms with Gasteiger partial charge in [-0.25, -0.2) is 0 Å². The average molecular weight is 169 g/mol. The van der Waals surface area contributed by atoms with E-state index in [9.17, 15) is 0 Å². The van der Waals surface area contributed by atoms with Crippen molar-refractivity contribution in [1.29, 1.82) is 0 Å². The van der Waals surface area contributed by atoms with Crippen LogP contribution in [-0.2, 0) is 0 Å². The van der Waals surface area contributed by atoms with Crippen molar-refractivity contribution in [2.75, 3.05) is 20.1 Å². The van der Waals surface area contributed by atoms with Crippen LogP contribution in [0.25, 0.3) is 0 Å². The first-order valence-electron chi connectivity index (χ1n) is 4.62. The molecule has 1 aliphatic heterocycles. The second kappa shape index (κ2) is 4.36. The smallest absolute Gasteiger partial charge is 0.0942 e. The predicted octanol–water partition coefficient (Wildman–Crippen LogP) is 0.490. The Labute approximate surface area is 74.6 Å². The SMILES string of the molecule is C/C=C(\N)N1CCC(NC)CC1. The predicted molar refractivity (Wildman–Crippen MR) is 51.6 cm³/mol. The highest BCUT2D eigenvalue weighted by Gasteiger charge is 2.17. The molecule has 0 radical (unpaired) electrons. The number of rotatable bonds is 2. The van der Waals surface area contributed by atoms with E-state index in [0.717, 1.165) is 18.9 Å². The Morgan fingerprint density at radius 1 is 1.50 bits per heavy atom. The molecule has 0 bridgehead atoms. The number of hydrogen-bond acceptors (Lipinski definition) is 3. The minimum atomic E-state index is 0.686. The zero-order chi connectivity index (χ0) is 8.97. The third-order valence-corrected chi connectivity index (χ3v) is 2.56. The van der Waals surface area contributed by atoms with Gasteiger partial charge in [0.15, 0.2) is 0 Å². The second-order valence-corrected chi connectivity index (χ2v) is 3.26. The van der Waals surface area contributed by atoms with E-state index in [4.69, 9.17) is 5.73 Å². The molecule has 1 aliphatic rings. The van der Waals surface area contributed by atoms with Crippen molar-refractivity contribution in [3.8, 4) is 0 Å². The molecular weight excluding hydrogens is 150 g/mol. The molecule has 0 amide bonds. The van der Waals surface area contributed by atoms with Gasteiger partial charge < -0.3 is 16.0 Å². The van der Waals surface area contributed by atoms with Crippen LogP contribution in [0.5, 0.6) is 0 Å². The van der Waals surface area contributed by atoms with Crippen LogP contribution in [0.1, 0.15) is 19.8 Å². The van der Waals surface area contributed by atoms with Gasteiger partial charge in [-0.15, -0.1) is 0 Å². The lowest BCUT2D eigenvalue weighted by atomic mass is 10.1. The van der Waals surface area contributed by atoms with Gasteiger partial charge in [-0.2, -0.15) is 0 Å². The molecule has 3 N–H and O–H groups in total. The molecule has 70 valence electrons. The monoisotopic (exact) mass is 169 g/mol. The maximum atomic E-state index is 5.80. The number of piperidine rings is 1. The number of likely N-dealkylation sites (tertiary alicyclic amines) is 1. The van der Waals surface area contributed by atoms with Gasteiger partial charge in [-0.1, -0.05) is 0 Å². The van der Waals surface area contributed by atoms with Crippen molar-refractivity contribution in [3.63, 3.8) is 0 Å². The Bertz CT molecular complexity index is 157. The molecule has 0 aromatic heterocycles. The Kier molecular flexibility index (Phi) is 3.41. The van der Waals surface area contributed by atoms with E-state index < -0.39 is 0 Å². The Hall–Kier alpha value is -0.700. The number of allylic oxidation sites excluding steroid dienone is 1. The molecule has 0 aromatic carbocycles. The molecular formula is C9H19N3. The Morgan fingerprint density at radius 3 is 2.50 bits per heavy atom. The number of hydrogen-bond donors (Lipinski definition) is 2. The molecule has 12 heavy (non-hydrogen) atoms. The van der Waals surface area contributed by atoms with Gasteiger partial charge >= 0.3 is 0 Å². The van der Waals surface area contributed by atoms with Crippen LogP contribution in [0, 0.1) is 0 Å². The molecule has 0 atom stereocenters. The Balaban J connectivity index is 2.36. The maximum absolute atomic E-state index is 5.80. The van der Waals surface area contributed by atoms with Crippen molar-refractivity contribution < 1.29 is 0 Å². The summed E-state index contributed by atoms with van der Waals surface area (Å²) in [5.74, 6) is 0.921.